The summed E-state index contributed by atoms with van der Waals surface area (Å²) in [4.78, 5) is 0. The summed E-state index contributed by atoms with van der Waals surface area (Å²) in [5, 5.41) is 13.3. The Morgan fingerprint density at radius 2 is 2.05 bits per heavy atom. The number of methoxy groups -OCH3 is 1. The number of benzene rings is 1. The van der Waals surface area contributed by atoms with Gasteiger partial charge in [0.15, 0.2) is 5.56 Å². The summed E-state index contributed by atoms with van der Waals surface area (Å²) in [6, 6.07) is 11.3. The first-order valence-electron chi connectivity index (χ1n) is 5.73. The Labute approximate surface area is 111 Å². The predicted molar refractivity (Wildman–Crippen MR) is 70.1 cm³/mol. The van der Waals surface area contributed by atoms with E-state index in [1.807, 2.05) is 36.4 Å². The number of ether oxygens (including phenoxy) is 2. The fourth-order valence-electron chi connectivity index (χ4n) is 1.60. The van der Waals surface area contributed by atoms with Gasteiger partial charge in [-0.05, 0) is 12.1 Å². The third-order valence-corrected chi connectivity index (χ3v) is 2.53. The van der Waals surface area contributed by atoms with E-state index in [-0.39, 0.29) is 17.3 Å². The topological polar surface area (TPSA) is 86.1 Å². The zero-order valence-corrected chi connectivity index (χ0v) is 10.5. The number of nitrogen functional groups attached to an aromatic ring is 1. The third kappa shape index (κ3) is 2.67. The molecule has 0 radical (unpaired) electrons. The van der Waals surface area contributed by atoms with Crippen LogP contribution in [0.5, 0.6) is 5.88 Å². The van der Waals surface area contributed by atoms with Crippen molar-refractivity contribution < 1.29 is 9.47 Å². The normalized spacial score (nSPS) is 10.1. The monoisotopic (exact) mass is 258 g/mol. The number of hydrogen-bond donors (Lipinski definition) is 1. The van der Waals surface area contributed by atoms with Gasteiger partial charge in [0, 0.05) is 7.11 Å². The lowest BCUT2D eigenvalue weighted by Crippen LogP contribution is -2.05. The van der Waals surface area contributed by atoms with E-state index in [1.54, 1.807) is 7.11 Å². The maximum Gasteiger partial charge on any atom is 0.253 e. The van der Waals surface area contributed by atoms with Crippen molar-refractivity contribution in [2.75, 3.05) is 26.1 Å². The molecule has 2 rings (SSSR count). The first-order chi connectivity index (χ1) is 9.27. The van der Waals surface area contributed by atoms with Gasteiger partial charge in [-0.15, -0.1) is 5.10 Å². The molecule has 19 heavy (non-hydrogen) atoms. The van der Waals surface area contributed by atoms with Gasteiger partial charge >= 0.3 is 0 Å². The molecule has 1 aromatic carbocycles. The first-order valence-corrected chi connectivity index (χ1v) is 5.73. The van der Waals surface area contributed by atoms with Crippen LogP contribution in [0.15, 0.2) is 30.3 Å². The molecule has 98 valence electrons. The van der Waals surface area contributed by atoms with Crippen LogP contribution in [0.25, 0.3) is 5.69 Å². The van der Waals surface area contributed by atoms with E-state index >= 15 is 0 Å². The number of para-hydroxylation sites is 1. The predicted octanol–water partition coefficient (Wildman–Crippen LogP) is 1.35. The second-order valence-corrected chi connectivity index (χ2v) is 3.77. The maximum atomic E-state index is 9.12. The van der Waals surface area contributed by atoms with Gasteiger partial charge < -0.3 is 15.2 Å². The Morgan fingerprint density at radius 3 is 2.68 bits per heavy atom. The van der Waals surface area contributed by atoms with E-state index in [1.165, 1.54) is 4.68 Å². The number of hydrogen-bond acceptors (Lipinski definition) is 5. The minimum absolute atomic E-state index is 0.223. The molecule has 0 amide bonds. The molecule has 0 unspecified atom stereocenters. The average molecular weight is 258 g/mol. The van der Waals surface area contributed by atoms with Gasteiger partial charge in [0.1, 0.15) is 18.5 Å². The number of aromatic nitrogens is 2. The molecule has 0 saturated heterocycles. The Bertz CT molecular complexity index is 587. The largest absolute Gasteiger partial charge is 0.473 e. The fourth-order valence-corrected chi connectivity index (χ4v) is 1.60. The smallest absolute Gasteiger partial charge is 0.253 e. The Morgan fingerprint density at radius 1 is 1.32 bits per heavy atom. The molecule has 0 aliphatic heterocycles. The summed E-state index contributed by atoms with van der Waals surface area (Å²) in [6.45, 7) is 0.736. The lowest BCUT2D eigenvalue weighted by atomic mass is 10.3. The zero-order chi connectivity index (χ0) is 13.7. The van der Waals surface area contributed by atoms with Crippen molar-refractivity contribution in [1.82, 2.24) is 9.78 Å². The van der Waals surface area contributed by atoms with E-state index in [0.29, 0.717) is 13.2 Å². The molecular weight excluding hydrogens is 244 g/mol. The Balaban J connectivity index is 2.34. The quantitative estimate of drug-likeness (QED) is 0.818. The van der Waals surface area contributed by atoms with Crippen molar-refractivity contribution in [2.24, 2.45) is 0 Å². The van der Waals surface area contributed by atoms with Gasteiger partial charge in [0.05, 0.1) is 12.3 Å². The van der Waals surface area contributed by atoms with E-state index in [2.05, 4.69) is 5.10 Å². The second-order valence-electron chi connectivity index (χ2n) is 3.77. The number of nitrogens with zero attached hydrogens (tertiary/aromatic N) is 3. The van der Waals surface area contributed by atoms with E-state index in [4.69, 9.17) is 20.5 Å². The summed E-state index contributed by atoms with van der Waals surface area (Å²) >= 11 is 0. The molecule has 1 aromatic heterocycles. The van der Waals surface area contributed by atoms with E-state index < -0.39 is 0 Å². The van der Waals surface area contributed by atoms with Crippen LogP contribution in [0, 0.1) is 11.3 Å². The SMILES string of the molecule is COCCOc1nn(-c2ccccc2)c(N)c1C#N. The molecule has 6 heteroatoms. The van der Waals surface area contributed by atoms with Gasteiger partial charge in [-0.3, -0.25) is 0 Å². The average Bonchev–Trinajstić information content (AvgIpc) is 2.76. The lowest BCUT2D eigenvalue weighted by molar-refractivity contribution is 0.143. The van der Waals surface area contributed by atoms with Gasteiger partial charge in [0.2, 0.25) is 0 Å². The highest BCUT2D eigenvalue weighted by Gasteiger charge is 2.17. The van der Waals surface area contributed by atoms with Crippen molar-refractivity contribution in [3.8, 4) is 17.6 Å². The maximum absolute atomic E-state index is 9.12. The highest BCUT2D eigenvalue weighted by atomic mass is 16.5. The first kappa shape index (κ1) is 12.9. The molecule has 0 fully saturated rings. The fraction of sp³-hybridized carbons (Fsp3) is 0.231. The van der Waals surface area contributed by atoms with Crippen molar-refractivity contribution >= 4 is 5.82 Å². The Hall–Kier alpha value is -2.52. The summed E-state index contributed by atoms with van der Waals surface area (Å²) in [6.07, 6.45) is 0. The Kier molecular flexibility index (Phi) is 4.00. The molecule has 0 atom stereocenters. The molecule has 0 spiro atoms. The summed E-state index contributed by atoms with van der Waals surface area (Å²) < 4.78 is 11.8. The van der Waals surface area contributed by atoms with Gasteiger partial charge in [-0.2, -0.15) is 5.26 Å². The van der Waals surface area contributed by atoms with Crippen molar-refractivity contribution in [2.45, 2.75) is 0 Å². The summed E-state index contributed by atoms with van der Waals surface area (Å²) in [5.74, 6) is 0.488. The number of rotatable bonds is 5. The van der Waals surface area contributed by atoms with E-state index in [9.17, 15) is 0 Å². The molecule has 0 bridgehead atoms. The van der Waals surface area contributed by atoms with Crippen molar-refractivity contribution in [3.05, 3.63) is 35.9 Å². The van der Waals surface area contributed by atoms with Gasteiger partial charge in [-0.25, -0.2) is 4.68 Å². The van der Waals surface area contributed by atoms with Crippen LogP contribution in [0.1, 0.15) is 5.56 Å². The zero-order valence-electron chi connectivity index (χ0n) is 10.5. The molecular formula is C13H14N4O2. The van der Waals surface area contributed by atoms with Crippen molar-refractivity contribution in [3.63, 3.8) is 0 Å². The van der Waals surface area contributed by atoms with Crippen LogP contribution in [0.2, 0.25) is 0 Å². The molecule has 2 N–H and O–H groups in total. The van der Waals surface area contributed by atoms with Crippen LogP contribution < -0.4 is 10.5 Å². The molecule has 0 saturated carbocycles. The van der Waals surface area contributed by atoms with Crippen LogP contribution in [0.4, 0.5) is 5.82 Å². The summed E-state index contributed by atoms with van der Waals surface area (Å²) in [7, 11) is 1.57. The number of anilines is 1. The van der Waals surface area contributed by atoms with Crippen LogP contribution in [0.3, 0.4) is 0 Å². The molecule has 2 aromatic rings. The summed E-state index contributed by atoms with van der Waals surface area (Å²) in [5.41, 5.74) is 6.93. The minimum Gasteiger partial charge on any atom is -0.473 e. The molecule has 0 aliphatic carbocycles. The second kappa shape index (κ2) is 5.89. The van der Waals surface area contributed by atoms with Gasteiger partial charge in [-0.1, -0.05) is 18.2 Å². The number of nitrogens with two attached hydrogens (primary N) is 1. The van der Waals surface area contributed by atoms with E-state index in [0.717, 1.165) is 5.69 Å². The standard InChI is InChI=1S/C13H14N4O2/c1-18-7-8-19-13-11(9-14)12(15)17(16-13)10-5-3-2-4-6-10/h2-6H,7-8,15H2,1H3. The molecule has 1 heterocycles. The highest BCUT2D eigenvalue weighted by Crippen LogP contribution is 2.25. The van der Waals surface area contributed by atoms with Crippen molar-refractivity contribution in [1.29, 1.82) is 5.26 Å². The van der Waals surface area contributed by atoms with Crippen LogP contribution in [-0.2, 0) is 4.74 Å². The van der Waals surface area contributed by atoms with Crippen LogP contribution >= 0.6 is 0 Å². The lowest BCUT2D eigenvalue weighted by Gasteiger charge is -2.02. The third-order valence-electron chi connectivity index (χ3n) is 2.53. The van der Waals surface area contributed by atoms with Gasteiger partial charge in [0.25, 0.3) is 5.88 Å². The highest BCUT2D eigenvalue weighted by molar-refractivity contribution is 5.58. The number of nitriles is 1. The minimum atomic E-state index is 0.223. The molecule has 6 nitrogen and oxygen atoms in total. The van der Waals surface area contributed by atoms with Crippen LogP contribution in [-0.4, -0.2) is 30.1 Å². The molecule has 0 aliphatic rings.